The van der Waals surface area contributed by atoms with Gasteiger partial charge in [0.15, 0.2) is 0 Å². The summed E-state index contributed by atoms with van der Waals surface area (Å²) in [5.74, 6) is -1.17. The third-order valence-corrected chi connectivity index (χ3v) is 5.73. The number of rotatable bonds is 4. The van der Waals surface area contributed by atoms with Gasteiger partial charge in [-0.25, -0.2) is 4.39 Å². The highest BCUT2D eigenvalue weighted by Gasteiger charge is 2.33. The Hall–Kier alpha value is -3.53. The number of alkyl halides is 3. The molecule has 1 aromatic heterocycles. The molecule has 0 bridgehead atoms. The molecule has 0 spiro atoms. The molecule has 178 valence electrons. The molecular formula is C24H22F4N4O2. The number of hydrogen-bond donors (Lipinski definition) is 1. The lowest BCUT2D eigenvalue weighted by atomic mass is 10.1. The van der Waals surface area contributed by atoms with Crippen molar-refractivity contribution < 1.29 is 27.2 Å². The van der Waals surface area contributed by atoms with Crippen molar-refractivity contribution in [3.63, 3.8) is 0 Å². The first kappa shape index (κ1) is 23.6. The third kappa shape index (κ3) is 5.17. The number of amides is 2. The zero-order chi connectivity index (χ0) is 24.5. The fourth-order valence-corrected chi connectivity index (χ4v) is 3.96. The van der Waals surface area contributed by atoms with Gasteiger partial charge in [-0.1, -0.05) is 12.1 Å². The van der Waals surface area contributed by atoms with Gasteiger partial charge >= 0.3 is 6.18 Å². The van der Waals surface area contributed by atoms with Crippen LogP contribution >= 0.6 is 0 Å². The monoisotopic (exact) mass is 474 g/mol. The molecule has 2 aromatic carbocycles. The van der Waals surface area contributed by atoms with Gasteiger partial charge in [-0.05, 0) is 37.3 Å². The minimum atomic E-state index is -4.57. The fourth-order valence-electron chi connectivity index (χ4n) is 3.96. The summed E-state index contributed by atoms with van der Waals surface area (Å²) >= 11 is 0. The number of carbonyl (C=O) groups is 2. The van der Waals surface area contributed by atoms with Crippen molar-refractivity contribution in [2.75, 3.05) is 38.0 Å². The highest BCUT2D eigenvalue weighted by atomic mass is 19.4. The summed E-state index contributed by atoms with van der Waals surface area (Å²) in [6, 6.07) is 10.7. The third-order valence-electron chi connectivity index (χ3n) is 5.73. The number of hydrogen-bond acceptors (Lipinski definition) is 4. The molecule has 0 aliphatic carbocycles. The van der Waals surface area contributed by atoms with Crippen molar-refractivity contribution in [3.8, 4) is 0 Å². The van der Waals surface area contributed by atoms with Crippen LogP contribution in [0.25, 0.3) is 10.9 Å². The van der Waals surface area contributed by atoms with E-state index in [0.29, 0.717) is 48.3 Å². The molecule has 1 saturated heterocycles. The van der Waals surface area contributed by atoms with E-state index in [-0.39, 0.29) is 18.1 Å². The van der Waals surface area contributed by atoms with Crippen molar-refractivity contribution in [1.82, 2.24) is 14.8 Å². The summed E-state index contributed by atoms with van der Waals surface area (Å²) in [5.41, 5.74) is 0.202. The number of piperazine rings is 1. The first-order valence-electron chi connectivity index (χ1n) is 10.7. The molecule has 2 amide bonds. The Bertz CT molecular complexity index is 1240. The number of para-hydroxylation sites is 1. The number of anilines is 1. The van der Waals surface area contributed by atoms with E-state index < -0.39 is 23.5 Å². The Kier molecular flexibility index (Phi) is 6.52. The van der Waals surface area contributed by atoms with E-state index in [4.69, 9.17) is 0 Å². The summed E-state index contributed by atoms with van der Waals surface area (Å²) in [5, 5.41) is 2.99. The van der Waals surface area contributed by atoms with Gasteiger partial charge < -0.3 is 10.2 Å². The fraction of sp³-hybridized carbons (Fsp3) is 0.292. The second-order valence-electron chi connectivity index (χ2n) is 8.12. The average Bonchev–Trinajstić information content (AvgIpc) is 2.78. The van der Waals surface area contributed by atoms with Gasteiger partial charge in [-0.3, -0.25) is 19.5 Å². The smallest absolute Gasteiger partial charge is 0.336 e. The number of benzene rings is 2. The molecule has 34 heavy (non-hydrogen) atoms. The molecule has 0 saturated carbocycles. The van der Waals surface area contributed by atoms with E-state index >= 15 is 0 Å². The number of fused-ring (bicyclic) bond motifs is 1. The Labute approximate surface area is 193 Å². The number of aryl methyl sites for hydroxylation is 1. The standard InChI is InChI=1S/C24H22F4N4O2/c1-15-18(12-16-6-7-17(25)13-21(16)29-15)23(34)32-10-8-31(9-11-32)14-22(33)30-20-5-3-2-4-19(20)24(26,27)28/h2-7,12-13H,8-11,14H2,1H3,(H,30,33). The van der Waals surface area contributed by atoms with E-state index in [9.17, 15) is 27.2 Å². The SMILES string of the molecule is Cc1nc2cc(F)ccc2cc1C(=O)N1CCN(CC(=O)Nc2ccccc2C(F)(F)F)CC1. The minimum absolute atomic E-state index is 0.0870. The molecule has 2 heterocycles. The maximum Gasteiger partial charge on any atom is 0.418 e. The number of nitrogens with one attached hydrogen (secondary N) is 1. The lowest BCUT2D eigenvalue weighted by Crippen LogP contribution is -2.50. The Morgan fingerprint density at radius 3 is 2.44 bits per heavy atom. The van der Waals surface area contributed by atoms with Gasteiger partial charge in [0.1, 0.15) is 5.82 Å². The van der Waals surface area contributed by atoms with E-state index in [2.05, 4.69) is 10.3 Å². The number of aromatic nitrogens is 1. The van der Waals surface area contributed by atoms with Crippen LogP contribution in [0.3, 0.4) is 0 Å². The summed E-state index contributed by atoms with van der Waals surface area (Å²) in [7, 11) is 0. The number of nitrogens with zero attached hydrogens (tertiary/aromatic N) is 3. The van der Waals surface area contributed by atoms with Crippen LogP contribution in [0.4, 0.5) is 23.2 Å². The minimum Gasteiger partial charge on any atom is -0.336 e. The van der Waals surface area contributed by atoms with Gasteiger partial charge in [-0.15, -0.1) is 0 Å². The quantitative estimate of drug-likeness (QED) is 0.579. The molecule has 6 nitrogen and oxygen atoms in total. The van der Waals surface area contributed by atoms with Crippen LogP contribution in [0.15, 0.2) is 48.5 Å². The van der Waals surface area contributed by atoms with E-state index in [1.807, 2.05) is 0 Å². The molecule has 1 aliphatic heterocycles. The molecule has 3 aromatic rings. The summed E-state index contributed by atoms with van der Waals surface area (Å²) < 4.78 is 52.8. The van der Waals surface area contributed by atoms with Gasteiger partial charge in [0, 0.05) is 37.6 Å². The molecule has 0 radical (unpaired) electrons. The zero-order valence-electron chi connectivity index (χ0n) is 18.3. The highest BCUT2D eigenvalue weighted by Crippen LogP contribution is 2.34. The maximum atomic E-state index is 13.4. The largest absolute Gasteiger partial charge is 0.418 e. The highest BCUT2D eigenvalue weighted by molar-refractivity contribution is 5.98. The van der Waals surface area contributed by atoms with Crippen molar-refractivity contribution in [2.24, 2.45) is 0 Å². The molecular weight excluding hydrogens is 452 g/mol. The van der Waals surface area contributed by atoms with E-state index in [0.717, 1.165) is 6.07 Å². The van der Waals surface area contributed by atoms with Gasteiger partial charge in [0.05, 0.1) is 34.6 Å². The number of carbonyl (C=O) groups excluding carboxylic acids is 2. The van der Waals surface area contributed by atoms with Crippen LogP contribution in [0, 0.1) is 12.7 Å². The molecule has 4 rings (SSSR count). The second kappa shape index (κ2) is 9.38. The molecule has 1 N–H and O–H groups in total. The van der Waals surface area contributed by atoms with Crippen molar-refractivity contribution in [3.05, 3.63) is 71.2 Å². The van der Waals surface area contributed by atoms with Crippen LogP contribution < -0.4 is 5.32 Å². The van der Waals surface area contributed by atoms with Crippen LogP contribution in [0.1, 0.15) is 21.6 Å². The summed E-state index contributed by atoms with van der Waals surface area (Å²) in [6.07, 6.45) is -4.57. The Morgan fingerprint density at radius 2 is 1.74 bits per heavy atom. The van der Waals surface area contributed by atoms with Gasteiger partial charge in [0.2, 0.25) is 5.91 Å². The lowest BCUT2D eigenvalue weighted by Gasteiger charge is -2.34. The van der Waals surface area contributed by atoms with E-state index in [1.165, 1.54) is 30.3 Å². The summed E-state index contributed by atoms with van der Waals surface area (Å²) in [4.78, 5) is 33.2. The Balaban J connectivity index is 1.36. The lowest BCUT2D eigenvalue weighted by molar-refractivity contribution is -0.137. The molecule has 1 aliphatic rings. The van der Waals surface area contributed by atoms with Gasteiger partial charge in [0.25, 0.3) is 5.91 Å². The zero-order valence-corrected chi connectivity index (χ0v) is 18.3. The first-order chi connectivity index (χ1) is 16.1. The predicted octanol–water partition coefficient (Wildman–Crippen LogP) is 4.10. The first-order valence-corrected chi connectivity index (χ1v) is 10.7. The number of pyridine rings is 1. The van der Waals surface area contributed by atoms with Crippen molar-refractivity contribution in [1.29, 1.82) is 0 Å². The topological polar surface area (TPSA) is 65.5 Å². The van der Waals surface area contributed by atoms with Crippen molar-refractivity contribution >= 4 is 28.4 Å². The van der Waals surface area contributed by atoms with Crippen LogP contribution in [0.2, 0.25) is 0 Å². The van der Waals surface area contributed by atoms with E-state index in [1.54, 1.807) is 28.9 Å². The molecule has 1 fully saturated rings. The number of halogens is 4. The Morgan fingerprint density at radius 1 is 1.03 bits per heavy atom. The normalized spacial score (nSPS) is 14.9. The molecule has 0 atom stereocenters. The van der Waals surface area contributed by atoms with Crippen LogP contribution in [-0.4, -0.2) is 59.3 Å². The van der Waals surface area contributed by atoms with Crippen LogP contribution in [-0.2, 0) is 11.0 Å². The average molecular weight is 474 g/mol. The molecule has 10 heteroatoms. The van der Waals surface area contributed by atoms with Crippen molar-refractivity contribution in [2.45, 2.75) is 13.1 Å². The van der Waals surface area contributed by atoms with Crippen LogP contribution in [0.5, 0.6) is 0 Å². The maximum absolute atomic E-state index is 13.4. The second-order valence-corrected chi connectivity index (χ2v) is 8.12. The molecule has 0 unspecified atom stereocenters. The van der Waals surface area contributed by atoms with Gasteiger partial charge in [-0.2, -0.15) is 13.2 Å². The summed E-state index contributed by atoms with van der Waals surface area (Å²) in [6.45, 7) is 3.10. The predicted molar refractivity (Wildman–Crippen MR) is 119 cm³/mol.